The Balaban J connectivity index is 2.43. The number of pyridine rings is 1. The van der Waals surface area contributed by atoms with Crippen LogP contribution in [0.15, 0.2) is 44.7 Å². The topological polar surface area (TPSA) is 93.3 Å². The Morgan fingerprint density at radius 1 is 1.43 bits per heavy atom. The van der Waals surface area contributed by atoms with Gasteiger partial charge in [-0.25, -0.2) is 14.2 Å². The molecule has 21 heavy (non-hydrogen) atoms. The monoisotopic (exact) mass is 372 g/mol. The van der Waals surface area contributed by atoms with E-state index in [1.54, 1.807) is 0 Å². The van der Waals surface area contributed by atoms with Gasteiger partial charge in [0.2, 0.25) is 0 Å². The second-order valence-electron chi connectivity index (χ2n) is 3.78. The number of hydrogen-bond donors (Lipinski definition) is 1. The van der Waals surface area contributed by atoms with E-state index in [-0.39, 0.29) is 15.1 Å². The van der Waals surface area contributed by atoms with Crippen molar-refractivity contribution in [2.45, 2.75) is 9.79 Å². The molecule has 0 aliphatic rings. The minimum absolute atomic E-state index is 0.0862. The van der Waals surface area contributed by atoms with Gasteiger partial charge in [0.25, 0.3) is 5.69 Å². The highest BCUT2D eigenvalue weighted by atomic mass is 79.9. The van der Waals surface area contributed by atoms with Gasteiger partial charge in [-0.3, -0.25) is 10.1 Å². The summed E-state index contributed by atoms with van der Waals surface area (Å²) in [6.45, 7) is 0. The number of nitro benzene ring substituents is 1. The number of aromatic nitrogens is 1. The van der Waals surface area contributed by atoms with E-state index < -0.39 is 22.4 Å². The Morgan fingerprint density at radius 3 is 2.76 bits per heavy atom. The van der Waals surface area contributed by atoms with Crippen LogP contribution in [-0.2, 0) is 0 Å². The van der Waals surface area contributed by atoms with Gasteiger partial charge in [0.15, 0.2) is 0 Å². The van der Waals surface area contributed by atoms with E-state index >= 15 is 0 Å². The largest absolute Gasteiger partial charge is 0.477 e. The van der Waals surface area contributed by atoms with E-state index in [1.165, 1.54) is 24.4 Å². The van der Waals surface area contributed by atoms with Gasteiger partial charge in [-0.1, -0.05) is 11.8 Å². The first-order valence-corrected chi connectivity index (χ1v) is 7.00. The van der Waals surface area contributed by atoms with Crippen LogP contribution in [0.4, 0.5) is 10.1 Å². The van der Waals surface area contributed by atoms with Gasteiger partial charge in [-0.2, -0.15) is 0 Å². The molecule has 2 aromatic rings. The molecule has 108 valence electrons. The Labute approximate surface area is 130 Å². The van der Waals surface area contributed by atoms with Crippen molar-refractivity contribution in [2.75, 3.05) is 0 Å². The molecule has 1 heterocycles. The maximum Gasteiger partial charge on any atom is 0.354 e. The number of benzene rings is 1. The normalized spacial score (nSPS) is 10.4. The highest BCUT2D eigenvalue weighted by Crippen LogP contribution is 2.37. The second-order valence-corrected chi connectivity index (χ2v) is 5.74. The lowest BCUT2D eigenvalue weighted by atomic mass is 10.3. The molecule has 0 saturated heterocycles. The number of carboxylic acid groups (broad SMARTS) is 1. The van der Waals surface area contributed by atoms with Gasteiger partial charge in [-0.15, -0.1) is 0 Å². The molecule has 1 N–H and O–H groups in total. The zero-order valence-corrected chi connectivity index (χ0v) is 12.5. The van der Waals surface area contributed by atoms with Crippen molar-refractivity contribution >= 4 is 39.3 Å². The standard InChI is InChI=1S/C12H6BrFN2O4S/c13-7-4-11(10(16(19)20)5-8(7)14)21-6-1-2-15-9(3-6)12(17)18/h1-5H,(H,17,18). The third-order valence-corrected chi connectivity index (χ3v) is 4.02. The minimum atomic E-state index is -1.20. The van der Waals surface area contributed by atoms with Crippen molar-refractivity contribution in [3.63, 3.8) is 0 Å². The number of nitrogens with zero attached hydrogens (tertiary/aromatic N) is 2. The molecule has 0 amide bonds. The van der Waals surface area contributed by atoms with Crippen LogP contribution in [0.3, 0.4) is 0 Å². The number of hydrogen-bond acceptors (Lipinski definition) is 5. The summed E-state index contributed by atoms with van der Waals surface area (Å²) in [7, 11) is 0. The van der Waals surface area contributed by atoms with E-state index in [0.717, 1.165) is 17.8 Å². The van der Waals surface area contributed by atoms with E-state index in [9.17, 15) is 19.3 Å². The van der Waals surface area contributed by atoms with Crippen molar-refractivity contribution in [2.24, 2.45) is 0 Å². The van der Waals surface area contributed by atoms with Crippen molar-refractivity contribution in [3.8, 4) is 0 Å². The molecule has 0 aliphatic heterocycles. The molecular weight excluding hydrogens is 367 g/mol. The summed E-state index contributed by atoms with van der Waals surface area (Å²) >= 11 is 3.92. The first-order chi connectivity index (χ1) is 9.88. The average molecular weight is 373 g/mol. The molecule has 0 unspecified atom stereocenters. The molecule has 0 saturated carbocycles. The number of halogens is 2. The van der Waals surface area contributed by atoms with Crippen LogP contribution in [0.2, 0.25) is 0 Å². The summed E-state index contributed by atoms with van der Waals surface area (Å²) in [5, 5.41) is 19.8. The number of rotatable bonds is 4. The smallest absolute Gasteiger partial charge is 0.354 e. The van der Waals surface area contributed by atoms with Gasteiger partial charge in [0, 0.05) is 11.1 Å². The fourth-order valence-corrected chi connectivity index (χ4v) is 2.92. The number of carbonyl (C=O) groups is 1. The van der Waals surface area contributed by atoms with Crippen molar-refractivity contribution < 1.29 is 19.2 Å². The van der Waals surface area contributed by atoms with Crippen molar-refractivity contribution in [1.82, 2.24) is 4.98 Å². The Hall–Kier alpha value is -2.00. The van der Waals surface area contributed by atoms with E-state index in [2.05, 4.69) is 20.9 Å². The van der Waals surface area contributed by atoms with Crippen molar-refractivity contribution in [1.29, 1.82) is 0 Å². The second kappa shape index (κ2) is 6.19. The summed E-state index contributed by atoms with van der Waals surface area (Å²) in [5.41, 5.74) is -0.571. The summed E-state index contributed by atoms with van der Waals surface area (Å²) in [4.78, 5) is 25.4. The van der Waals surface area contributed by atoms with Crippen LogP contribution in [0.5, 0.6) is 0 Å². The molecule has 1 aromatic carbocycles. The fourth-order valence-electron chi connectivity index (χ4n) is 1.46. The predicted octanol–water partition coefficient (Wildman–Crippen LogP) is 3.74. The lowest BCUT2D eigenvalue weighted by Crippen LogP contribution is -1.99. The molecule has 0 radical (unpaired) electrons. The molecule has 1 aromatic heterocycles. The van der Waals surface area contributed by atoms with Crippen LogP contribution >= 0.6 is 27.7 Å². The van der Waals surface area contributed by atoms with Crippen LogP contribution in [0.25, 0.3) is 0 Å². The van der Waals surface area contributed by atoms with E-state index in [4.69, 9.17) is 5.11 Å². The van der Waals surface area contributed by atoms with E-state index in [0.29, 0.717) is 4.90 Å². The molecule has 0 atom stereocenters. The van der Waals surface area contributed by atoms with Gasteiger partial charge in [0.1, 0.15) is 11.5 Å². The predicted molar refractivity (Wildman–Crippen MR) is 76.1 cm³/mol. The lowest BCUT2D eigenvalue weighted by molar-refractivity contribution is -0.387. The lowest BCUT2D eigenvalue weighted by Gasteiger charge is -2.05. The fraction of sp³-hybridized carbons (Fsp3) is 0. The third-order valence-electron chi connectivity index (χ3n) is 2.38. The molecule has 2 rings (SSSR count). The number of nitro groups is 1. The van der Waals surface area contributed by atoms with E-state index in [1.807, 2.05) is 0 Å². The molecule has 6 nitrogen and oxygen atoms in total. The quantitative estimate of drug-likeness (QED) is 0.648. The van der Waals surface area contributed by atoms with Gasteiger partial charge in [-0.05, 0) is 34.1 Å². The Morgan fingerprint density at radius 2 is 2.14 bits per heavy atom. The molecular formula is C12H6BrFN2O4S. The van der Waals surface area contributed by atoms with Gasteiger partial charge < -0.3 is 5.11 Å². The molecule has 0 fully saturated rings. The summed E-state index contributed by atoms with van der Waals surface area (Å²) in [6, 6.07) is 4.89. The average Bonchev–Trinajstić information content (AvgIpc) is 2.42. The van der Waals surface area contributed by atoms with Crippen LogP contribution in [0.1, 0.15) is 10.5 Å². The first kappa shape index (κ1) is 15.4. The minimum Gasteiger partial charge on any atom is -0.477 e. The maximum absolute atomic E-state index is 13.4. The Kier molecular flexibility index (Phi) is 4.53. The first-order valence-electron chi connectivity index (χ1n) is 5.39. The zero-order chi connectivity index (χ0) is 15.6. The summed E-state index contributed by atoms with van der Waals surface area (Å²) in [5.74, 6) is -1.95. The molecule has 9 heteroatoms. The van der Waals surface area contributed by atoms with Crippen LogP contribution in [0, 0.1) is 15.9 Å². The Bertz CT molecular complexity index is 741. The SMILES string of the molecule is O=C(O)c1cc(Sc2cc(Br)c(F)cc2[N+](=O)[O-])ccn1. The molecule has 0 aliphatic carbocycles. The highest BCUT2D eigenvalue weighted by Gasteiger charge is 2.19. The number of aromatic carboxylic acids is 1. The summed E-state index contributed by atoms with van der Waals surface area (Å²) < 4.78 is 13.5. The van der Waals surface area contributed by atoms with Crippen molar-refractivity contribution in [3.05, 3.63) is 56.6 Å². The van der Waals surface area contributed by atoms with Crippen LogP contribution < -0.4 is 0 Å². The molecule has 0 bridgehead atoms. The molecule has 0 spiro atoms. The number of carboxylic acids is 1. The van der Waals surface area contributed by atoms with Gasteiger partial charge >= 0.3 is 5.97 Å². The highest BCUT2D eigenvalue weighted by molar-refractivity contribution is 9.10. The summed E-state index contributed by atoms with van der Waals surface area (Å²) in [6.07, 6.45) is 1.29. The maximum atomic E-state index is 13.4. The zero-order valence-electron chi connectivity index (χ0n) is 10.1. The van der Waals surface area contributed by atoms with Gasteiger partial charge in [0.05, 0.1) is 20.4 Å². The third kappa shape index (κ3) is 3.56. The van der Waals surface area contributed by atoms with Crippen LogP contribution in [-0.4, -0.2) is 21.0 Å².